The number of hydrogen-bond donors (Lipinski definition) is 4. The number of amides is 2. The van der Waals surface area contributed by atoms with Crippen LogP contribution in [0, 0.1) is 5.92 Å². The fourth-order valence-electron chi connectivity index (χ4n) is 4.58. The normalized spacial score (nSPS) is 19.5. The third-order valence-electron chi connectivity index (χ3n) is 5.95. The highest BCUT2D eigenvalue weighted by atomic mass is 16.3. The average molecular weight is 380 g/mol. The minimum atomic E-state index is -0.0960. The highest BCUT2D eigenvalue weighted by Crippen LogP contribution is 2.29. The van der Waals surface area contributed by atoms with E-state index >= 15 is 0 Å². The number of urea groups is 1. The van der Waals surface area contributed by atoms with Crippen LogP contribution in [0.4, 0.5) is 4.79 Å². The predicted molar refractivity (Wildman–Crippen MR) is 110 cm³/mol. The number of carbonyl (C=O) groups excluding carboxylic acids is 1. The Labute approximate surface area is 166 Å². The standard InChI is InChI=1S/C23H29N3O2/c1-15(8-16-9-17-4-2-3-5-18(17)10-16)26-23(28)25-14-21-11-19-6-7-22(27)12-20(19)13-24-21/h2-7,12,15-16,21,24,27H,8-11,13-14H2,1H3,(H2,25,26,28). The number of benzene rings is 2. The van der Waals surface area contributed by atoms with Crippen molar-refractivity contribution < 1.29 is 9.90 Å². The molecule has 2 aliphatic rings. The lowest BCUT2D eigenvalue weighted by atomic mass is 9.95. The van der Waals surface area contributed by atoms with Crippen LogP contribution in [0.15, 0.2) is 42.5 Å². The fraction of sp³-hybridized carbons (Fsp3) is 0.435. The molecule has 4 N–H and O–H groups in total. The van der Waals surface area contributed by atoms with Gasteiger partial charge in [0, 0.05) is 25.2 Å². The molecule has 2 aromatic rings. The second kappa shape index (κ2) is 8.23. The van der Waals surface area contributed by atoms with E-state index in [0.29, 0.717) is 18.2 Å². The molecule has 0 radical (unpaired) electrons. The highest BCUT2D eigenvalue weighted by Gasteiger charge is 2.23. The van der Waals surface area contributed by atoms with Gasteiger partial charge in [0.25, 0.3) is 0 Å². The summed E-state index contributed by atoms with van der Waals surface area (Å²) >= 11 is 0. The third-order valence-corrected chi connectivity index (χ3v) is 5.95. The first-order chi connectivity index (χ1) is 13.6. The number of hydrogen-bond acceptors (Lipinski definition) is 3. The van der Waals surface area contributed by atoms with Crippen LogP contribution in [0.2, 0.25) is 0 Å². The van der Waals surface area contributed by atoms with Crippen molar-refractivity contribution in [1.29, 1.82) is 0 Å². The van der Waals surface area contributed by atoms with Crippen molar-refractivity contribution in [3.05, 3.63) is 64.7 Å². The minimum Gasteiger partial charge on any atom is -0.508 e. The summed E-state index contributed by atoms with van der Waals surface area (Å²) in [4.78, 5) is 12.3. The van der Waals surface area contributed by atoms with Crippen molar-refractivity contribution in [2.45, 2.75) is 51.2 Å². The van der Waals surface area contributed by atoms with Gasteiger partial charge in [-0.1, -0.05) is 30.3 Å². The van der Waals surface area contributed by atoms with E-state index in [1.807, 2.05) is 12.1 Å². The Morgan fingerprint density at radius 2 is 1.82 bits per heavy atom. The van der Waals surface area contributed by atoms with Crippen molar-refractivity contribution >= 4 is 6.03 Å². The molecule has 0 spiro atoms. The Kier molecular flexibility index (Phi) is 5.53. The number of phenolic OH excluding ortho intramolecular Hbond substituents is 1. The Hall–Kier alpha value is -2.53. The molecule has 1 aliphatic carbocycles. The lowest BCUT2D eigenvalue weighted by molar-refractivity contribution is 0.234. The van der Waals surface area contributed by atoms with Crippen molar-refractivity contribution in [2.75, 3.05) is 6.54 Å². The summed E-state index contributed by atoms with van der Waals surface area (Å²) in [6.07, 6.45) is 4.09. The van der Waals surface area contributed by atoms with Crippen LogP contribution in [0.25, 0.3) is 0 Å². The summed E-state index contributed by atoms with van der Waals surface area (Å²) in [7, 11) is 0. The van der Waals surface area contributed by atoms with Crippen LogP contribution < -0.4 is 16.0 Å². The molecular weight excluding hydrogens is 350 g/mol. The Morgan fingerprint density at radius 3 is 2.57 bits per heavy atom. The highest BCUT2D eigenvalue weighted by molar-refractivity contribution is 5.74. The molecule has 1 aliphatic heterocycles. The first-order valence-electron chi connectivity index (χ1n) is 10.2. The molecule has 28 heavy (non-hydrogen) atoms. The van der Waals surface area contributed by atoms with E-state index in [1.165, 1.54) is 16.7 Å². The summed E-state index contributed by atoms with van der Waals surface area (Å²) in [6.45, 7) is 3.40. The summed E-state index contributed by atoms with van der Waals surface area (Å²) in [5.41, 5.74) is 5.28. The molecule has 0 fully saturated rings. The smallest absolute Gasteiger partial charge is 0.315 e. The van der Waals surface area contributed by atoms with E-state index in [-0.39, 0.29) is 18.1 Å². The van der Waals surface area contributed by atoms with E-state index in [2.05, 4.69) is 47.1 Å². The van der Waals surface area contributed by atoms with E-state index < -0.39 is 0 Å². The van der Waals surface area contributed by atoms with Gasteiger partial charge in [0.2, 0.25) is 0 Å². The Bertz CT molecular complexity index is 826. The summed E-state index contributed by atoms with van der Waals surface area (Å²) in [5, 5.41) is 19.1. The van der Waals surface area contributed by atoms with Crippen LogP contribution in [-0.2, 0) is 25.8 Å². The Morgan fingerprint density at radius 1 is 1.11 bits per heavy atom. The van der Waals surface area contributed by atoms with E-state index in [9.17, 15) is 9.90 Å². The molecule has 0 bridgehead atoms. The largest absolute Gasteiger partial charge is 0.508 e. The Balaban J connectivity index is 1.19. The first kappa shape index (κ1) is 18.8. The van der Waals surface area contributed by atoms with Crippen molar-refractivity contribution in [3.8, 4) is 5.75 Å². The lowest BCUT2D eigenvalue weighted by Gasteiger charge is -2.27. The zero-order valence-corrected chi connectivity index (χ0v) is 16.4. The van der Waals surface area contributed by atoms with Gasteiger partial charge < -0.3 is 21.1 Å². The molecular formula is C23H29N3O2. The van der Waals surface area contributed by atoms with Gasteiger partial charge in [-0.3, -0.25) is 0 Å². The van der Waals surface area contributed by atoms with Crippen LogP contribution in [0.5, 0.6) is 5.75 Å². The number of phenols is 1. The maximum Gasteiger partial charge on any atom is 0.315 e. The van der Waals surface area contributed by atoms with Gasteiger partial charge >= 0.3 is 6.03 Å². The second-order valence-corrected chi connectivity index (χ2v) is 8.27. The topological polar surface area (TPSA) is 73.4 Å². The van der Waals surface area contributed by atoms with Gasteiger partial charge in [0.05, 0.1) is 0 Å². The molecule has 0 aromatic heterocycles. The monoisotopic (exact) mass is 379 g/mol. The van der Waals surface area contributed by atoms with Crippen LogP contribution in [0.3, 0.4) is 0 Å². The fourth-order valence-corrected chi connectivity index (χ4v) is 4.58. The SMILES string of the molecule is CC(CC1Cc2ccccc2C1)NC(=O)NCC1Cc2ccc(O)cc2CN1. The van der Waals surface area contributed by atoms with Crippen LogP contribution in [-0.4, -0.2) is 29.8 Å². The molecule has 2 atom stereocenters. The third kappa shape index (κ3) is 4.47. The van der Waals surface area contributed by atoms with Crippen molar-refractivity contribution in [1.82, 2.24) is 16.0 Å². The molecule has 4 rings (SSSR count). The van der Waals surface area contributed by atoms with Gasteiger partial charge in [-0.15, -0.1) is 0 Å². The maximum atomic E-state index is 12.3. The molecule has 0 saturated heterocycles. The molecule has 0 saturated carbocycles. The quantitative estimate of drug-likeness (QED) is 0.645. The van der Waals surface area contributed by atoms with Crippen molar-refractivity contribution in [3.63, 3.8) is 0 Å². The van der Waals surface area contributed by atoms with Gasteiger partial charge in [-0.05, 0) is 72.9 Å². The molecule has 1 heterocycles. The summed E-state index contributed by atoms with van der Waals surface area (Å²) in [6, 6.07) is 14.4. The number of rotatable bonds is 5. The van der Waals surface area contributed by atoms with E-state index in [0.717, 1.165) is 37.8 Å². The molecule has 2 unspecified atom stereocenters. The van der Waals surface area contributed by atoms with Crippen LogP contribution >= 0.6 is 0 Å². The minimum absolute atomic E-state index is 0.0960. The number of fused-ring (bicyclic) bond motifs is 2. The maximum absolute atomic E-state index is 12.3. The van der Waals surface area contributed by atoms with Gasteiger partial charge in [-0.2, -0.15) is 0 Å². The molecule has 148 valence electrons. The predicted octanol–water partition coefficient (Wildman–Crippen LogP) is 2.90. The number of nitrogens with one attached hydrogen (secondary N) is 3. The number of aromatic hydroxyl groups is 1. The molecule has 2 amide bonds. The van der Waals surface area contributed by atoms with Crippen LogP contribution in [0.1, 0.15) is 35.6 Å². The van der Waals surface area contributed by atoms with Crippen molar-refractivity contribution in [2.24, 2.45) is 5.92 Å². The zero-order chi connectivity index (χ0) is 19.5. The molecule has 5 nitrogen and oxygen atoms in total. The first-order valence-corrected chi connectivity index (χ1v) is 10.2. The lowest BCUT2D eigenvalue weighted by Crippen LogP contribution is -2.48. The summed E-state index contributed by atoms with van der Waals surface area (Å²) in [5.74, 6) is 0.913. The van der Waals surface area contributed by atoms with Gasteiger partial charge in [-0.25, -0.2) is 4.79 Å². The average Bonchev–Trinajstić information content (AvgIpc) is 3.08. The van der Waals surface area contributed by atoms with E-state index in [4.69, 9.17) is 0 Å². The second-order valence-electron chi connectivity index (χ2n) is 8.27. The molecule has 2 aromatic carbocycles. The zero-order valence-electron chi connectivity index (χ0n) is 16.4. The molecule has 5 heteroatoms. The van der Waals surface area contributed by atoms with E-state index in [1.54, 1.807) is 6.07 Å². The van der Waals surface area contributed by atoms with Gasteiger partial charge in [0.15, 0.2) is 0 Å². The van der Waals surface area contributed by atoms with Gasteiger partial charge in [0.1, 0.15) is 5.75 Å². The number of carbonyl (C=O) groups is 1. The summed E-state index contributed by atoms with van der Waals surface area (Å²) < 4.78 is 0.